The van der Waals surface area contributed by atoms with Gasteiger partial charge in [-0.05, 0) is 24.1 Å². The van der Waals surface area contributed by atoms with E-state index in [1.807, 2.05) is 21.9 Å². The lowest BCUT2D eigenvalue weighted by Crippen LogP contribution is -2.53. The molecule has 196 valence electrons. The molecule has 0 saturated carbocycles. The van der Waals surface area contributed by atoms with Crippen molar-refractivity contribution < 1.29 is 34.8 Å². The molecule has 1 aliphatic heterocycles. The maximum absolute atomic E-state index is 11.7. The van der Waals surface area contributed by atoms with Crippen LogP contribution < -0.4 is 5.73 Å². The summed E-state index contributed by atoms with van der Waals surface area (Å²) in [6.07, 6.45) is 0.489. The number of carboxylic acids is 3. The molecule has 1 aromatic carbocycles. The van der Waals surface area contributed by atoms with Crippen LogP contribution in [0.2, 0.25) is 0 Å². The molecule has 0 aromatic heterocycles. The van der Waals surface area contributed by atoms with E-state index in [0.717, 1.165) is 5.56 Å². The molecular weight excluding hydrogens is 458 g/mol. The number of nitrogens with two attached hydrogens (primary N) is 1. The Bertz CT molecular complexity index is 823. The second-order valence-corrected chi connectivity index (χ2v) is 8.83. The van der Waals surface area contributed by atoms with Gasteiger partial charge < -0.3 is 26.2 Å². The van der Waals surface area contributed by atoms with Crippen molar-refractivity contribution in [2.75, 3.05) is 84.3 Å². The van der Waals surface area contributed by atoms with Crippen molar-refractivity contribution in [1.29, 1.82) is 0 Å². The minimum Gasteiger partial charge on any atom is -0.480 e. The van der Waals surface area contributed by atoms with Crippen LogP contribution in [0.5, 0.6) is 0 Å². The van der Waals surface area contributed by atoms with Crippen LogP contribution >= 0.6 is 0 Å². The molecule has 1 fully saturated rings. The molecule has 0 radical (unpaired) electrons. The summed E-state index contributed by atoms with van der Waals surface area (Å²) in [5.41, 5.74) is 7.36. The fourth-order valence-electron chi connectivity index (χ4n) is 4.30. The molecule has 1 saturated heterocycles. The lowest BCUT2D eigenvalue weighted by atomic mass is 10.0. The fraction of sp³-hybridized carbons (Fsp3) is 0.609. The largest absolute Gasteiger partial charge is 0.480 e. The van der Waals surface area contributed by atoms with E-state index in [-0.39, 0.29) is 32.3 Å². The molecule has 0 bridgehead atoms. The van der Waals surface area contributed by atoms with Gasteiger partial charge in [0, 0.05) is 64.1 Å². The number of carbonyl (C=O) groups is 3. The number of nitrogen functional groups attached to an aromatic ring is 1. The van der Waals surface area contributed by atoms with Gasteiger partial charge >= 0.3 is 17.9 Å². The Morgan fingerprint density at radius 2 is 1.29 bits per heavy atom. The molecule has 2 rings (SSSR count). The number of nitrogens with zero attached hydrogens (tertiary/aromatic N) is 4. The smallest absolute Gasteiger partial charge is 0.317 e. The number of benzene rings is 1. The maximum atomic E-state index is 11.7. The summed E-state index contributed by atoms with van der Waals surface area (Å²) >= 11 is 0. The molecule has 6 N–H and O–H groups in total. The van der Waals surface area contributed by atoms with Crippen molar-refractivity contribution in [1.82, 2.24) is 19.6 Å². The van der Waals surface area contributed by atoms with Crippen LogP contribution in [-0.4, -0.2) is 143 Å². The summed E-state index contributed by atoms with van der Waals surface area (Å²) in [6, 6.07) is 6.98. The first kappa shape index (κ1) is 28.5. The monoisotopic (exact) mass is 495 g/mol. The first-order chi connectivity index (χ1) is 16.7. The average molecular weight is 496 g/mol. The van der Waals surface area contributed by atoms with Crippen molar-refractivity contribution in [2.45, 2.75) is 12.5 Å². The third-order valence-corrected chi connectivity index (χ3v) is 6.08. The van der Waals surface area contributed by atoms with Crippen LogP contribution in [0.4, 0.5) is 5.69 Å². The minimum absolute atomic E-state index is 0.0703. The quantitative estimate of drug-likeness (QED) is 0.242. The molecule has 1 atom stereocenters. The summed E-state index contributed by atoms with van der Waals surface area (Å²) in [5.74, 6) is -2.96. The topological polar surface area (TPSA) is 171 Å². The van der Waals surface area contributed by atoms with Crippen LogP contribution in [0.1, 0.15) is 5.56 Å². The zero-order valence-corrected chi connectivity index (χ0v) is 20.0. The number of β-amino-alcohol motifs (C(OH)–C–C–N with tert-alkyl or cyclic N) is 1. The molecule has 1 unspecified atom stereocenters. The second kappa shape index (κ2) is 14.6. The van der Waals surface area contributed by atoms with Gasteiger partial charge in [-0.15, -0.1) is 0 Å². The van der Waals surface area contributed by atoms with Gasteiger partial charge in [0.15, 0.2) is 0 Å². The molecule has 1 aromatic rings. The third-order valence-electron chi connectivity index (χ3n) is 6.08. The van der Waals surface area contributed by atoms with Crippen LogP contribution in [0.25, 0.3) is 0 Å². The molecule has 0 aliphatic carbocycles. The van der Waals surface area contributed by atoms with Gasteiger partial charge in [-0.25, -0.2) is 0 Å². The van der Waals surface area contributed by atoms with Gasteiger partial charge in [0.1, 0.15) is 0 Å². The zero-order valence-electron chi connectivity index (χ0n) is 20.0. The molecule has 35 heavy (non-hydrogen) atoms. The van der Waals surface area contributed by atoms with Crippen LogP contribution in [0.15, 0.2) is 24.3 Å². The third kappa shape index (κ3) is 11.0. The number of hydrogen-bond acceptors (Lipinski definition) is 9. The summed E-state index contributed by atoms with van der Waals surface area (Å²) in [7, 11) is 0. The summed E-state index contributed by atoms with van der Waals surface area (Å²) < 4.78 is 0. The predicted molar refractivity (Wildman–Crippen MR) is 129 cm³/mol. The van der Waals surface area contributed by atoms with Crippen molar-refractivity contribution in [2.24, 2.45) is 0 Å². The Morgan fingerprint density at radius 1 is 0.771 bits per heavy atom. The summed E-state index contributed by atoms with van der Waals surface area (Å²) in [6.45, 7) is 2.45. The summed E-state index contributed by atoms with van der Waals surface area (Å²) in [4.78, 5) is 42.0. The second-order valence-electron chi connectivity index (χ2n) is 8.83. The Morgan fingerprint density at radius 3 is 1.86 bits per heavy atom. The van der Waals surface area contributed by atoms with Gasteiger partial charge in [0.2, 0.25) is 0 Å². The van der Waals surface area contributed by atoms with Crippen LogP contribution in [0, 0.1) is 0 Å². The average Bonchev–Trinajstić information content (AvgIpc) is 2.77. The van der Waals surface area contributed by atoms with Crippen molar-refractivity contribution in [3.8, 4) is 0 Å². The Kier molecular flexibility index (Phi) is 11.9. The zero-order chi connectivity index (χ0) is 25.8. The lowest BCUT2D eigenvalue weighted by Gasteiger charge is -2.37. The molecule has 12 heteroatoms. The lowest BCUT2D eigenvalue weighted by molar-refractivity contribution is -0.141. The maximum Gasteiger partial charge on any atom is 0.317 e. The highest BCUT2D eigenvalue weighted by atomic mass is 16.4. The molecule has 0 amide bonds. The van der Waals surface area contributed by atoms with E-state index in [1.54, 1.807) is 21.9 Å². The van der Waals surface area contributed by atoms with Gasteiger partial charge in [0.25, 0.3) is 0 Å². The van der Waals surface area contributed by atoms with E-state index in [9.17, 15) is 34.8 Å². The van der Waals surface area contributed by atoms with Gasteiger partial charge in [-0.2, -0.15) is 0 Å². The Balaban J connectivity index is 2.35. The number of carboxylic acid groups (broad SMARTS) is 3. The van der Waals surface area contributed by atoms with E-state index in [2.05, 4.69) is 0 Å². The summed E-state index contributed by atoms with van der Waals surface area (Å²) in [5, 5.41) is 37.9. The number of anilines is 1. The standard InChI is InChI=1S/C23H37N5O7/c24-19-3-1-18(2-4-19)13-20-14-27(16-22(32)33)8-7-26(15-21(30)31)6-5-25(11-12-29)9-10-28(20)17-23(34)35/h1-4,20,29H,5-17,24H2,(H,30,31)(H,32,33)(H,34,35). The van der Waals surface area contributed by atoms with E-state index < -0.39 is 17.9 Å². The number of aliphatic hydroxyl groups excluding tert-OH is 1. The molecular formula is C23H37N5O7. The Hall–Kier alpha value is -2.77. The van der Waals surface area contributed by atoms with Gasteiger partial charge in [0.05, 0.1) is 26.2 Å². The van der Waals surface area contributed by atoms with Gasteiger partial charge in [-0.1, -0.05) is 12.1 Å². The molecule has 12 nitrogen and oxygen atoms in total. The molecule has 1 aliphatic rings. The first-order valence-electron chi connectivity index (χ1n) is 11.7. The highest BCUT2D eigenvalue weighted by Gasteiger charge is 2.27. The van der Waals surface area contributed by atoms with Crippen LogP contribution in [-0.2, 0) is 20.8 Å². The number of hydrogen-bond donors (Lipinski definition) is 5. The number of aliphatic carboxylic acids is 3. The first-order valence-corrected chi connectivity index (χ1v) is 11.7. The van der Waals surface area contributed by atoms with Crippen LogP contribution in [0.3, 0.4) is 0 Å². The highest BCUT2D eigenvalue weighted by Crippen LogP contribution is 2.14. The molecule has 1 heterocycles. The van der Waals surface area contributed by atoms with E-state index in [1.165, 1.54) is 0 Å². The minimum atomic E-state index is -1.01. The van der Waals surface area contributed by atoms with Crippen molar-refractivity contribution in [3.05, 3.63) is 29.8 Å². The SMILES string of the molecule is Nc1ccc(CC2CN(CC(=O)O)CCN(CC(=O)O)CCN(CCO)CCN2CC(=O)O)cc1. The van der Waals surface area contributed by atoms with Crippen molar-refractivity contribution in [3.63, 3.8) is 0 Å². The van der Waals surface area contributed by atoms with E-state index in [4.69, 9.17) is 5.73 Å². The Labute approximate surface area is 205 Å². The fourth-order valence-corrected chi connectivity index (χ4v) is 4.30. The number of rotatable bonds is 10. The van der Waals surface area contributed by atoms with E-state index >= 15 is 0 Å². The predicted octanol–water partition coefficient (Wildman–Crippen LogP) is -1.35. The number of aliphatic hydroxyl groups is 1. The molecule has 0 spiro atoms. The van der Waals surface area contributed by atoms with Crippen molar-refractivity contribution >= 4 is 23.6 Å². The van der Waals surface area contributed by atoms with Gasteiger partial charge in [-0.3, -0.25) is 34.0 Å². The highest BCUT2D eigenvalue weighted by molar-refractivity contribution is 5.70. The normalized spacial score (nSPS) is 20.1. The van der Waals surface area contributed by atoms with E-state index in [0.29, 0.717) is 64.5 Å².